The van der Waals surface area contributed by atoms with Crippen LogP contribution in [0.4, 0.5) is 0 Å². The summed E-state index contributed by atoms with van der Waals surface area (Å²) in [7, 11) is 0. The van der Waals surface area contributed by atoms with Crippen LogP contribution in [0.5, 0.6) is 0 Å². The standard InChI is InChI=1S/C14H27N3O/c1-4-12-14(18)17(13(5-2)15-12)11-8-7-9-16(6-3)10-11/h11-13,15H,4-10H2,1-3H3. The van der Waals surface area contributed by atoms with E-state index in [2.05, 4.69) is 35.9 Å². The van der Waals surface area contributed by atoms with Gasteiger partial charge in [0, 0.05) is 12.6 Å². The maximum absolute atomic E-state index is 12.4. The van der Waals surface area contributed by atoms with Gasteiger partial charge in [-0.25, -0.2) is 0 Å². The zero-order chi connectivity index (χ0) is 13.1. The Kier molecular flexibility index (Phi) is 4.62. The number of amides is 1. The van der Waals surface area contributed by atoms with Gasteiger partial charge in [-0.3, -0.25) is 10.1 Å². The van der Waals surface area contributed by atoms with E-state index in [1.165, 1.54) is 13.0 Å². The first-order valence-corrected chi connectivity index (χ1v) is 7.51. The van der Waals surface area contributed by atoms with E-state index in [1.807, 2.05) is 0 Å². The van der Waals surface area contributed by atoms with E-state index in [-0.39, 0.29) is 12.2 Å². The fourth-order valence-corrected chi connectivity index (χ4v) is 3.30. The molecule has 18 heavy (non-hydrogen) atoms. The molecule has 0 aliphatic carbocycles. The third kappa shape index (κ3) is 2.54. The van der Waals surface area contributed by atoms with Gasteiger partial charge < -0.3 is 9.80 Å². The SMILES string of the molecule is CCC1NC(CC)N(C2CCCN(CC)C2)C1=O. The second-order valence-corrected chi connectivity index (χ2v) is 5.49. The molecule has 2 rings (SSSR count). The molecular formula is C14H27N3O. The number of likely N-dealkylation sites (N-methyl/N-ethyl adjacent to an activating group) is 1. The van der Waals surface area contributed by atoms with Crippen molar-refractivity contribution in [1.82, 2.24) is 15.1 Å². The Labute approximate surface area is 111 Å². The topological polar surface area (TPSA) is 35.6 Å². The third-order valence-electron chi connectivity index (χ3n) is 4.40. The summed E-state index contributed by atoms with van der Waals surface area (Å²) in [6, 6.07) is 0.465. The second-order valence-electron chi connectivity index (χ2n) is 5.49. The van der Waals surface area contributed by atoms with Crippen LogP contribution in [0.25, 0.3) is 0 Å². The number of carbonyl (C=O) groups is 1. The number of hydrogen-bond acceptors (Lipinski definition) is 3. The lowest BCUT2D eigenvalue weighted by molar-refractivity contribution is -0.133. The Bertz CT molecular complexity index is 295. The van der Waals surface area contributed by atoms with Gasteiger partial charge in [-0.15, -0.1) is 0 Å². The van der Waals surface area contributed by atoms with E-state index in [0.29, 0.717) is 11.9 Å². The average Bonchev–Trinajstić information content (AvgIpc) is 2.75. The van der Waals surface area contributed by atoms with Crippen LogP contribution in [0.15, 0.2) is 0 Å². The number of piperidine rings is 1. The van der Waals surface area contributed by atoms with E-state index < -0.39 is 0 Å². The molecule has 2 fully saturated rings. The maximum atomic E-state index is 12.4. The van der Waals surface area contributed by atoms with Gasteiger partial charge in [-0.2, -0.15) is 0 Å². The molecular weight excluding hydrogens is 226 g/mol. The van der Waals surface area contributed by atoms with Crippen molar-refractivity contribution < 1.29 is 4.79 Å². The number of carbonyl (C=O) groups excluding carboxylic acids is 1. The monoisotopic (exact) mass is 253 g/mol. The Morgan fingerprint density at radius 2 is 2.06 bits per heavy atom. The van der Waals surface area contributed by atoms with Crippen LogP contribution in [0.3, 0.4) is 0 Å². The van der Waals surface area contributed by atoms with Gasteiger partial charge in [0.25, 0.3) is 0 Å². The van der Waals surface area contributed by atoms with Gasteiger partial charge >= 0.3 is 0 Å². The predicted octanol–water partition coefficient (Wildman–Crippen LogP) is 1.42. The van der Waals surface area contributed by atoms with Crippen LogP contribution in [0.2, 0.25) is 0 Å². The zero-order valence-electron chi connectivity index (χ0n) is 12.0. The van der Waals surface area contributed by atoms with Gasteiger partial charge in [-0.05, 0) is 38.8 Å². The highest BCUT2D eigenvalue weighted by molar-refractivity contribution is 5.84. The van der Waals surface area contributed by atoms with Crippen LogP contribution >= 0.6 is 0 Å². The highest BCUT2D eigenvalue weighted by Crippen LogP contribution is 2.24. The fourth-order valence-electron chi connectivity index (χ4n) is 3.30. The quantitative estimate of drug-likeness (QED) is 0.823. The molecule has 0 aromatic carbocycles. The lowest BCUT2D eigenvalue weighted by atomic mass is 10.0. The smallest absolute Gasteiger partial charge is 0.241 e. The van der Waals surface area contributed by atoms with Crippen molar-refractivity contribution in [3.63, 3.8) is 0 Å². The fraction of sp³-hybridized carbons (Fsp3) is 0.929. The molecule has 0 aromatic heterocycles. The molecule has 3 atom stereocenters. The van der Waals surface area contributed by atoms with Gasteiger partial charge in [0.05, 0.1) is 12.2 Å². The summed E-state index contributed by atoms with van der Waals surface area (Å²) < 4.78 is 0. The second kappa shape index (κ2) is 6.02. The van der Waals surface area contributed by atoms with E-state index >= 15 is 0 Å². The number of nitrogens with one attached hydrogen (secondary N) is 1. The van der Waals surface area contributed by atoms with Crippen LogP contribution in [0.1, 0.15) is 46.5 Å². The normalized spacial score (nSPS) is 34.3. The molecule has 0 saturated carbocycles. The van der Waals surface area contributed by atoms with Crippen molar-refractivity contribution in [3.8, 4) is 0 Å². The Hall–Kier alpha value is -0.610. The van der Waals surface area contributed by atoms with Gasteiger partial charge in [0.1, 0.15) is 0 Å². The van der Waals surface area contributed by atoms with Crippen molar-refractivity contribution in [2.24, 2.45) is 0 Å². The Balaban J connectivity index is 2.07. The first-order valence-electron chi connectivity index (χ1n) is 7.51. The van der Waals surface area contributed by atoms with Crippen molar-refractivity contribution in [3.05, 3.63) is 0 Å². The molecule has 2 aliphatic rings. The molecule has 0 spiro atoms. The Morgan fingerprint density at radius 1 is 1.28 bits per heavy atom. The molecule has 0 radical (unpaired) electrons. The molecule has 104 valence electrons. The summed E-state index contributed by atoms with van der Waals surface area (Å²) >= 11 is 0. The lowest BCUT2D eigenvalue weighted by Crippen LogP contribution is -2.52. The molecule has 2 aliphatic heterocycles. The van der Waals surface area contributed by atoms with Crippen LogP contribution in [-0.4, -0.2) is 53.6 Å². The molecule has 4 heteroatoms. The number of hydrogen-bond donors (Lipinski definition) is 1. The minimum Gasteiger partial charge on any atom is -0.322 e. The van der Waals surface area contributed by atoms with Gasteiger partial charge in [0.15, 0.2) is 0 Å². The summed E-state index contributed by atoms with van der Waals surface area (Å²) in [4.78, 5) is 17.1. The summed E-state index contributed by atoms with van der Waals surface area (Å²) in [5, 5.41) is 3.48. The molecule has 4 nitrogen and oxygen atoms in total. The van der Waals surface area contributed by atoms with E-state index in [1.54, 1.807) is 0 Å². The van der Waals surface area contributed by atoms with Crippen molar-refractivity contribution in [2.75, 3.05) is 19.6 Å². The maximum Gasteiger partial charge on any atom is 0.241 e. The zero-order valence-corrected chi connectivity index (χ0v) is 12.0. The van der Waals surface area contributed by atoms with E-state index in [4.69, 9.17) is 0 Å². The molecule has 1 amide bonds. The van der Waals surface area contributed by atoms with E-state index in [0.717, 1.165) is 32.4 Å². The first kappa shape index (κ1) is 13.8. The van der Waals surface area contributed by atoms with Crippen LogP contribution in [-0.2, 0) is 4.79 Å². The summed E-state index contributed by atoms with van der Waals surface area (Å²) in [6.07, 6.45) is 4.54. The van der Waals surface area contributed by atoms with Crippen molar-refractivity contribution >= 4 is 5.91 Å². The highest BCUT2D eigenvalue weighted by Gasteiger charge is 2.41. The van der Waals surface area contributed by atoms with Gasteiger partial charge in [0.2, 0.25) is 5.91 Å². The van der Waals surface area contributed by atoms with Crippen LogP contribution in [0, 0.1) is 0 Å². The molecule has 2 heterocycles. The number of rotatable bonds is 4. The predicted molar refractivity (Wildman–Crippen MR) is 73.3 cm³/mol. The summed E-state index contributed by atoms with van der Waals surface area (Å²) in [6.45, 7) is 9.80. The minimum atomic E-state index is 0.0481. The lowest BCUT2D eigenvalue weighted by Gasteiger charge is -2.39. The summed E-state index contributed by atoms with van der Waals surface area (Å²) in [5.74, 6) is 0.326. The largest absolute Gasteiger partial charge is 0.322 e. The van der Waals surface area contributed by atoms with Gasteiger partial charge in [-0.1, -0.05) is 20.8 Å². The molecule has 2 saturated heterocycles. The van der Waals surface area contributed by atoms with E-state index in [9.17, 15) is 4.79 Å². The van der Waals surface area contributed by atoms with Crippen LogP contribution < -0.4 is 5.32 Å². The van der Waals surface area contributed by atoms with Crippen molar-refractivity contribution in [2.45, 2.75) is 64.7 Å². The molecule has 0 aromatic rings. The molecule has 1 N–H and O–H groups in total. The third-order valence-corrected chi connectivity index (χ3v) is 4.40. The highest BCUT2D eigenvalue weighted by atomic mass is 16.2. The number of nitrogens with zero attached hydrogens (tertiary/aromatic N) is 2. The number of likely N-dealkylation sites (tertiary alicyclic amines) is 1. The minimum absolute atomic E-state index is 0.0481. The Morgan fingerprint density at radius 3 is 2.67 bits per heavy atom. The molecule has 3 unspecified atom stereocenters. The average molecular weight is 253 g/mol. The first-order chi connectivity index (χ1) is 8.71. The molecule has 0 bridgehead atoms. The summed E-state index contributed by atoms with van der Waals surface area (Å²) in [5.41, 5.74) is 0. The van der Waals surface area contributed by atoms with Crippen molar-refractivity contribution in [1.29, 1.82) is 0 Å².